The quantitative estimate of drug-likeness (QED) is 0.899. The number of nitrogens with one attached hydrogen (secondary N) is 1. The molecule has 7 heteroatoms. The number of rotatable bonds is 5. The number of likely N-dealkylation sites (tertiary alicyclic amines) is 1. The van der Waals surface area contributed by atoms with Crippen molar-refractivity contribution in [2.24, 2.45) is 5.92 Å². The van der Waals surface area contributed by atoms with Crippen molar-refractivity contribution in [3.63, 3.8) is 0 Å². The third-order valence-electron chi connectivity index (χ3n) is 4.28. The highest BCUT2D eigenvalue weighted by molar-refractivity contribution is 7.09. The second-order valence-electron chi connectivity index (χ2n) is 6.20. The third-order valence-corrected chi connectivity index (χ3v) is 5.42. The van der Waals surface area contributed by atoms with Crippen LogP contribution in [0.15, 0.2) is 17.8 Å². The van der Waals surface area contributed by atoms with E-state index >= 15 is 0 Å². The number of H-pyrrole nitrogens is 1. The second kappa shape index (κ2) is 7.03. The van der Waals surface area contributed by atoms with Crippen LogP contribution in [-0.2, 0) is 6.54 Å². The van der Waals surface area contributed by atoms with Gasteiger partial charge in [0.2, 0.25) is 0 Å². The summed E-state index contributed by atoms with van der Waals surface area (Å²) in [6, 6.07) is 1.69. The number of hydrogen-bond acceptors (Lipinski definition) is 4. The van der Waals surface area contributed by atoms with E-state index in [1.165, 1.54) is 4.88 Å². The largest absolute Gasteiger partial charge is 0.356 e. The Morgan fingerprint density at radius 1 is 1.61 bits per heavy atom. The molecule has 124 valence electrons. The standard InChI is InChI=1S/C16H21ClN4OS/c1-11-15(23-10-19-11)9-20(2)7-12-3-4-21(8-12)16(22)14-5-13(17)6-18-14/h5-6,10,12,18H,3-4,7-9H2,1-2H3. The van der Waals surface area contributed by atoms with Gasteiger partial charge in [-0.1, -0.05) is 11.6 Å². The van der Waals surface area contributed by atoms with E-state index in [0.29, 0.717) is 16.6 Å². The van der Waals surface area contributed by atoms with Crippen molar-refractivity contribution in [3.05, 3.63) is 39.1 Å². The summed E-state index contributed by atoms with van der Waals surface area (Å²) in [7, 11) is 2.13. The molecule has 3 rings (SSSR count). The molecule has 1 aliphatic rings. The lowest BCUT2D eigenvalue weighted by atomic mass is 10.1. The van der Waals surface area contributed by atoms with Crippen molar-refractivity contribution in [3.8, 4) is 0 Å². The lowest BCUT2D eigenvalue weighted by Crippen LogP contribution is -2.31. The van der Waals surface area contributed by atoms with Crippen LogP contribution in [0.5, 0.6) is 0 Å². The van der Waals surface area contributed by atoms with Crippen LogP contribution in [0.1, 0.15) is 27.5 Å². The predicted octanol–water partition coefficient (Wildman–Crippen LogP) is 3.03. The highest BCUT2D eigenvalue weighted by Gasteiger charge is 2.28. The van der Waals surface area contributed by atoms with Gasteiger partial charge in [-0.25, -0.2) is 4.98 Å². The first-order chi connectivity index (χ1) is 11.0. The van der Waals surface area contributed by atoms with Gasteiger partial charge in [0, 0.05) is 37.3 Å². The molecule has 0 spiro atoms. The highest BCUT2D eigenvalue weighted by Crippen LogP contribution is 2.22. The van der Waals surface area contributed by atoms with E-state index in [1.807, 2.05) is 10.4 Å². The Bertz CT molecular complexity index is 683. The topological polar surface area (TPSA) is 52.2 Å². The monoisotopic (exact) mass is 352 g/mol. The Morgan fingerprint density at radius 3 is 3.09 bits per heavy atom. The predicted molar refractivity (Wildman–Crippen MR) is 93.0 cm³/mol. The van der Waals surface area contributed by atoms with E-state index in [4.69, 9.17) is 11.6 Å². The molecule has 1 aliphatic heterocycles. The Balaban J connectivity index is 1.51. The van der Waals surface area contributed by atoms with E-state index in [9.17, 15) is 4.79 Å². The smallest absolute Gasteiger partial charge is 0.270 e. The molecule has 0 aliphatic carbocycles. The van der Waals surface area contributed by atoms with Gasteiger partial charge in [0.15, 0.2) is 0 Å². The third kappa shape index (κ3) is 3.94. The molecule has 1 N–H and O–H groups in total. The number of halogens is 1. The molecule has 0 bridgehead atoms. The number of amides is 1. The van der Waals surface area contributed by atoms with Gasteiger partial charge in [-0.2, -0.15) is 0 Å². The minimum Gasteiger partial charge on any atom is -0.356 e. The van der Waals surface area contributed by atoms with Gasteiger partial charge in [0.05, 0.1) is 16.2 Å². The van der Waals surface area contributed by atoms with Crippen LogP contribution in [0.4, 0.5) is 0 Å². The summed E-state index contributed by atoms with van der Waals surface area (Å²) >= 11 is 7.58. The number of carbonyl (C=O) groups is 1. The number of thiazole rings is 1. The lowest BCUT2D eigenvalue weighted by molar-refractivity contribution is 0.0779. The van der Waals surface area contributed by atoms with Crippen molar-refractivity contribution < 1.29 is 4.79 Å². The normalized spacial score (nSPS) is 18.1. The van der Waals surface area contributed by atoms with Crippen molar-refractivity contribution in [2.75, 3.05) is 26.7 Å². The summed E-state index contributed by atoms with van der Waals surface area (Å²) in [5, 5.41) is 0.573. The van der Waals surface area contributed by atoms with Gasteiger partial charge < -0.3 is 14.8 Å². The molecule has 1 fully saturated rings. The molecular formula is C16H21ClN4OS. The zero-order valence-corrected chi connectivity index (χ0v) is 15.0. The summed E-state index contributed by atoms with van der Waals surface area (Å²) in [4.78, 5) is 25.2. The van der Waals surface area contributed by atoms with E-state index in [0.717, 1.165) is 38.3 Å². The van der Waals surface area contributed by atoms with E-state index in [-0.39, 0.29) is 5.91 Å². The molecule has 1 atom stereocenters. The molecule has 23 heavy (non-hydrogen) atoms. The fraction of sp³-hybridized carbons (Fsp3) is 0.500. The molecule has 1 saturated heterocycles. The zero-order valence-electron chi connectivity index (χ0n) is 13.4. The van der Waals surface area contributed by atoms with Crippen LogP contribution in [0.3, 0.4) is 0 Å². The summed E-state index contributed by atoms with van der Waals surface area (Å²) in [6.45, 7) is 5.59. The molecule has 2 aromatic rings. The summed E-state index contributed by atoms with van der Waals surface area (Å²) in [5.74, 6) is 0.558. The number of aromatic amines is 1. The average molecular weight is 353 g/mol. The zero-order chi connectivity index (χ0) is 16.4. The fourth-order valence-corrected chi connectivity index (χ4v) is 4.08. The number of carbonyl (C=O) groups excluding carboxylic acids is 1. The van der Waals surface area contributed by atoms with Gasteiger partial charge in [-0.05, 0) is 32.4 Å². The summed E-state index contributed by atoms with van der Waals surface area (Å²) in [5.41, 5.74) is 3.59. The minimum absolute atomic E-state index is 0.0420. The number of aromatic nitrogens is 2. The minimum atomic E-state index is 0.0420. The molecule has 0 radical (unpaired) electrons. The molecular weight excluding hydrogens is 332 g/mol. The van der Waals surface area contributed by atoms with E-state index < -0.39 is 0 Å². The summed E-state index contributed by atoms with van der Waals surface area (Å²) in [6.07, 6.45) is 2.69. The van der Waals surface area contributed by atoms with Crippen molar-refractivity contribution >= 4 is 28.8 Å². The molecule has 1 unspecified atom stereocenters. The first-order valence-electron chi connectivity index (χ1n) is 7.73. The van der Waals surface area contributed by atoms with Gasteiger partial charge in [0.1, 0.15) is 5.69 Å². The van der Waals surface area contributed by atoms with Crippen molar-refractivity contribution in [1.29, 1.82) is 0 Å². The van der Waals surface area contributed by atoms with Gasteiger partial charge in [-0.15, -0.1) is 11.3 Å². The second-order valence-corrected chi connectivity index (χ2v) is 7.57. The Kier molecular flexibility index (Phi) is 5.04. The SMILES string of the molecule is Cc1ncsc1CN(C)CC1CCN(C(=O)c2cc(Cl)c[nH]2)C1. The molecule has 3 heterocycles. The van der Waals surface area contributed by atoms with Crippen LogP contribution >= 0.6 is 22.9 Å². The average Bonchev–Trinajstić information content (AvgIpc) is 3.22. The highest BCUT2D eigenvalue weighted by atomic mass is 35.5. The van der Waals surface area contributed by atoms with Gasteiger partial charge >= 0.3 is 0 Å². The van der Waals surface area contributed by atoms with E-state index in [2.05, 4.69) is 28.8 Å². The molecule has 0 saturated carbocycles. The molecule has 5 nitrogen and oxygen atoms in total. The van der Waals surface area contributed by atoms with Gasteiger partial charge in [-0.3, -0.25) is 4.79 Å². The maximum absolute atomic E-state index is 12.4. The van der Waals surface area contributed by atoms with Crippen LogP contribution < -0.4 is 0 Å². The van der Waals surface area contributed by atoms with Gasteiger partial charge in [0.25, 0.3) is 5.91 Å². The van der Waals surface area contributed by atoms with Crippen LogP contribution in [0.2, 0.25) is 5.02 Å². The Morgan fingerprint density at radius 2 is 2.43 bits per heavy atom. The molecule has 0 aromatic carbocycles. The first kappa shape index (κ1) is 16.5. The van der Waals surface area contributed by atoms with Crippen LogP contribution in [-0.4, -0.2) is 52.4 Å². The Hall–Kier alpha value is -1.37. The number of hydrogen-bond donors (Lipinski definition) is 1. The first-order valence-corrected chi connectivity index (χ1v) is 8.99. The maximum Gasteiger partial charge on any atom is 0.270 e. The molecule has 2 aromatic heterocycles. The van der Waals surface area contributed by atoms with Crippen LogP contribution in [0, 0.1) is 12.8 Å². The Labute approximate surface area is 145 Å². The maximum atomic E-state index is 12.4. The number of nitrogens with zero attached hydrogens (tertiary/aromatic N) is 3. The van der Waals surface area contributed by atoms with Crippen LogP contribution in [0.25, 0.3) is 0 Å². The van der Waals surface area contributed by atoms with Crippen molar-refractivity contribution in [1.82, 2.24) is 19.8 Å². The summed E-state index contributed by atoms with van der Waals surface area (Å²) < 4.78 is 0. The number of aryl methyl sites for hydroxylation is 1. The molecule has 1 amide bonds. The fourth-order valence-electron chi connectivity index (χ4n) is 3.06. The lowest BCUT2D eigenvalue weighted by Gasteiger charge is -2.21. The van der Waals surface area contributed by atoms with E-state index in [1.54, 1.807) is 23.6 Å². The van der Waals surface area contributed by atoms with Crippen molar-refractivity contribution in [2.45, 2.75) is 19.9 Å².